The van der Waals surface area contributed by atoms with Gasteiger partial charge < -0.3 is 19.3 Å². The highest BCUT2D eigenvalue weighted by Crippen LogP contribution is 2.26. The monoisotopic (exact) mass is 382 g/mol. The minimum Gasteiger partial charge on any atom is -0.465 e. The lowest BCUT2D eigenvalue weighted by atomic mass is 10.1. The van der Waals surface area contributed by atoms with Crippen LogP contribution in [0, 0.1) is 0 Å². The van der Waals surface area contributed by atoms with Crippen LogP contribution in [0.3, 0.4) is 0 Å². The summed E-state index contributed by atoms with van der Waals surface area (Å²) in [6.45, 7) is 3.44. The van der Waals surface area contributed by atoms with Crippen LogP contribution in [0.5, 0.6) is 0 Å². The van der Waals surface area contributed by atoms with Crippen LogP contribution in [-0.2, 0) is 25.5 Å². The lowest BCUT2D eigenvalue weighted by molar-refractivity contribution is -0.139. The molecule has 148 valence electrons. The Morgan fingerprint density at radius 2 is 1.64 bits per heavy atom. The predicted octanol–water partition coefficient (Wildman–Crippen LogP) is 2.81. The second-order valence-electron chi connectivity index (χ2n) is 6.78. The zero-order valence-electron chi connectivity index (χ0n) is 16.4. The van der Waals surface area contributed by atoms with Crippen molar-refractivity contribution in [1.29, 1.82) is 0 Å². The van der Waals surface area contributed by atoms with Gasteiger partial charge in [0.15, 0.2) is 0 Å². The topological polar surface area (TPSA) is 59.1 Å². The normalized spacial score (nSPS) is 17.0. The minimum atomic E-state index is -0.602. The Labute approximate surface area is 165 Å². The summed E-state index contributed by atoms with van der Waals surface area (Å²) in [5.74, 6) is -1.19. The van der Waals surface area contributed by atoms with Crippen molar-refractivity contribution >= 4 is 17.6 Å². The number of hydrogen-bond donors (Lipinski definition) is 0. The maximum Gasteiger partial charge on any atom is 0.355 e. The van der Waals surface area contributed by atoms with Gasteiger partial charge in [0.2, 0.25) is 0 Å². The number of carbonyl (C=O) groups is 2. The Kier molecular flexibility index (Phi) is 6.66. The number of methoxy groups -OCH3 is 2. The SMILES string of the molecule is COC(=O)C1=C(C(=O)OC)N(c2ccc(CCN3CCCC3)cc2)C=CC=C1. The molecule has 0 radical (unpaired) electrons. The molecule has 0 saturated carbocycles. The predicted molar refractivity (Wildman–Crippen MR) is 108 cm³/mol. The molecule has 0 amide bonds. The zero-order valence-corrected chi connectivity index (χ0v) is 16.4. The van der Waals surface area contributed by atoms with E-state index in [1.165, 1.54) is 45.7 Å². The lowest BCUT2D eigenvalue weighted by Gasteiger charge is -2.23. The molecule has 0 N–H and O–H groups in total. The molecule has 0 atom stereocenters. The number of rotatable bonds is 6. The van der Waals surface area contributed by atoms with Crippen molar-refractivity contribution in [3.05, 3.63) is 65.5 Å². The summed E-state index contributed by atoms with van der Waals surface area (Å²) in [6, 6.07) is 8.02. The van der Waals surface area contributed by atoms with Gasteiger partial charge in [-0.1, -0.05) is 18.2 Å². The molecular weight excluding hydrogens is 356 g/mol. The first-order chi connectivity index (χ1) is 13.6. The summed E-state index contributed by atoms with van der Waals surface area (Å²) < 4.78 is 9.76. The highest BCUT2D eigenvalue weighted by molar-refractivity contribution is 6.05. The molecule has 0 aromatic heterocycles. The highest BCUT2D eigenvalue weighted by atomic mass is 16.5. The quantitative estimate of drug-likeness (QED) is 0.705. The van der Waals surface area contributed by atoms with Gasteiger partial charge in [-0.2, -0.15) is 0 Å². The molecule has 2 aliphatic rings. The number of likely N-dealkylation sites (tertiary alicyclic amines) is 1. The van der Waals surface area contributed by atoms with Crippen LogP contribution in [0.25, 0.3) is 0 Å². The first-order valence-electron chi connectivity index (χ1n) is 9.50. The van der Waals surface area contributed by atoms with Crippen molar-refractivity contribution in [2.45, 2.75) is 19.3 Å². The van der Waals surface area contributed by atoms with Gasteiger partial charge in [-0.15, -0.1) is 0 Å². The number of anilines is 1. The Hall–Kier alpha value is -2.86. The molecule has 0 bridgehead atoms. The third-order valence-electron chi connectivity index (χ3n) is 5.02. The van der Waals surface area contributed by atoms with E-state index in [2.05, 4.69) is 17.0 Å². The van der Waals surface area contributed by atoms with Crippen molar-refractivity contribution in [2.24, 2.45) is 0 Å². The van der Waals surface area contributed by atoms with Gasteiger partial charge >= 0.3 is 11.9 Å². The largest absolute Gasteiger partial charge is 0.465 e. The fourth-order valence-corrected chi connectivity index (χ4v) is 3.48. The van der Waals surface area contributed by atoms with Gasteiger partial charge in [-0.25, -0.2) is 9.59 Å². The summed E-state index contributed by atoms with van der Waals surface area (Å²) in [4.78, 5) is 28.8. The average molecular weight is 382 g/mol. The van der Waals surface area contributed by atoms with E-state index in [4.69, 9.17) is 9.47 Å². The molecule has 28 heavy (non-hydrogen) atoms. The van der Waals surface area contributed by atoms with Crippen LogP contribution in [-0.4, -0.2) is 50.7 Å². The van der Waals surface area contributed by atoms with E-state index >= 15 is 0 Å². The van der Waals surface area contributed by atoms with E-state index in [9.17, 15) is 9.59 Å². The maximum absolute atomic E-state index is 12.4. The Morgan fingerprint density at radius 3 is 2.29 bits per heavy atom. The number of hydrogen-bond acceptors (Lipinski definition) is 6. The third-order valence-corrected chi connectivity index (χ3v) is 5.02. The Morgan fingerprint density at radius 1 is 0.964 bits per heavy atom. The molecule has 1 aromatic rings. The molecule has 0 aliphatic carbocycles. The third kappa shape index (κ3) is 4.51. The van der Waals surface area contributed by atoms with Crippen LogP contribution >= 0.6 is 0 Å². The summed E-state index contributed by atoms with van der Waals surface area (Å²) in [5, 5.41) is 0. The molecule has 0 unspecified atom stereocenters. The van der Waals surface area contributed by atoms with E-state index in [1.54, 1.807) is 29.3 Å². The van der Waals surface area contributed by atoms with Crippen LogP contribution in [0.4, 0.5) is 5.69 Å². The van der Waals surface area contributed by atoms with Crippen molar-refractivity contribution in [1.82, 2.24) is 4.90 Å². The van der Waals surface area contributed by atoms with E-state index in [0.29, 0.717) is 0 Å². The minimum absolute atomic E-state index is 0.129. The van der Waals surface area contributed by atoms with E-state index in [-0.39, 0.29) is 11.3 Å². The highest BCUT2D eigenvalue weighted by Gasteiger charge is 2.27. The Balaban J connectivity index is 1.84. The zero-order chi connectivity index (χ0) is 19.9. The summed E-state index contributed by atoms with van der Waals surface area (Å²) in [5.41, 5.74) is 2.29. The number of allylic oxidation sites excluding steroid dienone is 2. The van der Waals surface area contributed by atoms with Crippen molar-refractivity contribution < 1.29 is 19.1 Å². The molecule has 2 aliphatic heterocycles. The van der Waals surface area contributed by atoms with Crippen molar-refractivity contribution in [3.8, 4) is 0 Å². The van der Waals surface area contributed by atoms with Gasteiger partial charge in [0.05, 0.1) is 19.8 Å². The smallest absolute Gasteiger partial charge is 0.355 e. The van der Waals surface area contributed by atoms with Crippen molar-refractivity contribution in [3.63, 3.8) is 0 Å². The van der Waals surface area contributed by atoms with Gasteiger partial charge in [-0.05, 0) is 62.2 Å². The number of nitrogens with zero attached hydrogens (tertiary/aromatic N) is 2. The van der Waals surface area contributed by atoms with Crippen LogP contribution in [0.15, 0.2) is 60.0 Å². The number of ether oxygens (including phenoxy) is 2. The van der Waals surface area contributed by atoms with Crippen LogP contribution in [0.1, 0.15) is 18.4 Å². The van der Waals surface area contributed by atoms with Crippen LogP contribution < -0.4 is 4.90 Å². The van der Waals surface area contributed by atoms with E-state index < -0.39 is 11.9 Å². The maximum atomic E-state index is 12.4. The van der Waals surface area contributed by atoms with E-state index in [0.717, 1.165) is 18.7 Å². The molecule has 1 fully saturated rings. The van der Waals surface area contributed by atoms with Crippen LogP contribution in [0.2, 0.25) is 0 Å². The summed E-state index contributed by atoms with van der Waals surface area (Å²) in [6.07, 6.45) is 10.3. The Bertz CT molecular complexity index is 802. The van der Waals surface area contributed by atoms with Gasteiger partial charge in [-0.3, -0.25) is 0 Å². The second kappa shape index (κ2) is 9.37. The fraction of sp³-hybridized carbons (Fsp3) is 0.364. The standard InChI is InChI=1S/C22H26N2O4/c1-27-21(25)19-7-3-4-15-24(20(19)22(26)28-2)18-10-8-17(9-11-18)12-16-23-13-5-6-14-23/h3-4,7-11,15H,5-6,12-14,16H2,1-2H3. The van der Waals surface area contributed by atoms with Gasteiger partial charge in [0, 0.05) is 18.4 Å². The molecule has 2 heterocycles. The van der Waals surface area contributed by atoms with Gasteiger partial charge in [0.1, 0.15) is 5.70 Å². The number of esters is 2. The average Bonchev–Trinajstić information content (AvgIpc) is 3.16. The fourth-order valence-electron chi connectivity index (χ4n) is 3.48. The summed E-state index contributed by atoms with van der Waals surface area (Å²) >= 11 is 0. The van der Waals surface area contributed by atoms with Crippen molar-refractivity contribution in [2.75, 3.05) is 38.8 Å². The summed E-state index contributed by atoms with van der Waals surface area (Å²) in [7, 11) is 2.58. The van der Waals surface area contributed by atoms with E-state index in [1.807, 2.05) is 12.1 Å². The molecule has 6 nitrogen and oxygen atoms in total. The molecule has 6 heteroatoms. The molecule has 3 rings (SSSR count). The molecule has 0 spiro atoms. The molecular formula is C22H26N2O4. The molecule has 1 saturated heterocycles. The lowest BCUT2D eigenvalue weighted by Crippen LogP contribution is -2.27. The van der Waals surface area contributed by atoms with Gasteiger partial charge in [0.25, 0.3) is 0 Å². The number of carbonyl (C=O) groups excluding carboxylic acids is 2. The number of benzene rings is 1. The molecule has 1 aromatic carbocycles. The second-order valence-corrected chi connectivity index (χ2v) is 6.78. The first-order valence-corrected chi connectivity index (χ1v) is 9.50. The first kappa shape index (κ1) is 19.9.